The molecule has 76 valence electrons. The predicted octanol–water partition coefficient (Wildman–Crippen LogP) is -1.46. The van der Waals surface area contributed by atoms with Crippen molar-refractivity contribution in [2.45, 2.75) is 6.42 Å². The Morgan fingerprint density at radius 2 is 2.57 bits per heavy atom. The van der Waals surface area contributed by atoms with Gasteiger partial charge in [0.25, 0.3) is 11.7 Å². The highest BCUT2D eigenvalue weighted by atomic mass is 16.2. The van der Waals surface area contributed by atoms with Crippen LogP contribution in [0.3, 0.4) is 0 Å². The Morgan fingerprint density at radius 1 is 1.64 bits per heavy atom. The molecule has 1 unspecified atom stereocenters. The molecule has 0 radical (unpaired) electrons. The Morgan fingerprint density at radius 3 is 3.21 bits per heavy atom. The number of carbonyl (C=O) groups excluding carboxylic acids is 1. The lowest BCUT2D eigenvalue weighted by atomic mass is 10.1. The number of nitrogens with one attached hydrogen (secondary N) is 3. The normalized spacial score (nSPS) is 21.0. The molecule has 1 aromatic heterocycles. The Balaban J connectivity index is 1.78. The molecule has 7 nitrogen and oxygen atoms in total. The van der Waals surface area contributed by atoms with Crippen molar-refractivity contribution in [1.29, 1.82) is 0 Å². The molecular weight excluding hydrogens is 184 g/mol. The van der Waals surface area contributed by atoms with Gasteiger partial charge in [-0.2, -0.15) is 5.21 Å². The second kappa shape index (κ2) is 4.14. The van der Waals surface area contributed by atoms with Gasteiger partial charge in [-0.15, -0.1) is 10.2 Å². The maximum atomic E-state index is 11.3. The van der Waals surface area contributed by atoms with Gasteiger partial charge in [-0.3, -0.25) is 4.79 Å². The highest BCUT2D eigenvalue weighted by Crippen LogP contribution is 2.05. The maximum Gasteiger partial charge on any atom is 0.292 e. The first-order valence-corrected chi connectivity index (χ1v) is 4.58. The molecule has 1 amide bonds. The Hall–Kier alpha value is -1.50. The fraction of sp³-hybridized carbons (Fsp3) is 0.714. The van der Waals surface area contributed by atoms with E-state index in [0.717, 1.165) is 19.5 Å². The largest absolute Gasteiger partial charge is 0.349 e. The molecule has 1 fully saturated rings. The highest BCUT2D eigenvalue weighted by molar-refractivity contribution is 5.89. The fourth-order valence-corrected chi connectivity index (χ4v) is 1.46. The smallest absolute Gasteiger partial charge is 0.292 e. The van der Waals surface area contributed by atoms with E-state index in [-0.39, 0.29) is 11.7 Å². The number of aromatic amines is 1. The average Bonchev–Trinajstić information content (AvgIpc) is 2.87. The molecule has 2 heterocycles. The van der Waals surface area contributed by atoms with E-state index < -0.39 is 0 Å². The molecule has 3 N–H and O–H groups in total. The van der Waals surface area contributed by atoms with E-state index in [9.17, 15) is 4.79 Å². The van der Waals surface area contributed by atoms with Crippen molar-refractivity contribution in [3.63, 3.8) is 0 Å². The first kappa shape index (κ1) is 9.07. The summed E-state index contributed by atoms with van der Waals surface area (Å²) in [5, 5.41) is 18.7. The van der Waals surface area contributed by atoms with Gasteiger partial charge in [-0.1, -0.05) is 0 Å². The quantitative estimate of drug-likeness (QED) is 0.549. The van der Waals surface area contributed by atoms with Gasteiger partial charge in [0.05, 0.1) is 0 Å². The zero-order chi connectivity index (χ0) is 9.80. The van der Waals surface area contributed by atoms with Crippen LogP contribution in [0.15, 0.2) is 0 Å². The second-order valence-electron chi connectivity index (χ2n) is 3.30. The van der Waals surface area contributed by atoms with Crippen LogP contribution in [0.25, 0.3) is 0 Å². The van der Waals surface area contributed by atoms with Gasteiger partial charge < -0.3 is 10.6 Å². The molecule has 1 aliphatic heterocycles. The summed E-state index contributed by atoms with van der Waals surface area (Å²) in [4.78, 5) is 11.3. The third-order valence-electron chi connectivity index (χ3n) is 2.26. The van der Waals surface area contributed by atoms with Crippen molar-refractivity contribution in [2.75, 3.05) is 19.6 Å². The lowest BCUT2D eigenvalue weighted by Crippen LogP contribution is -2.30. The first-order valence-electron chi connectivity index (χ1n) is 4.58. The fourth-order valence-electron chi connectivity index (χ4n) is 1.46. The molecule has 0 spiro atoms. The lowest BCUT2D eigenvalue weighted by Gasteiger charge is -2.07. The minimum absolute atomic E-state index is 0.0935. The lowest BCUT2D eigenvalue weighted by molar-refractivity contribution is 0.0938. The van der Waals surface area contributed by atoms with Crippen LogP contribution >= 0.6 is 0 Å². The number of rotatable bonds is 3. The molecule has 1 aliphatic rings. The van der Waals surface area contributed by atoms with Crippen LogP contribution in [0.4, 0.5) is 0 Å². The molecule has 1 aromatic rings. The summed E-state index contributed by atoms with van der Waals surface area (Å²) in [6.45, 7) is 2.66. The highest BCUT2D eigenvalue weighted by Gasteiger charge is 2.17. The summed E-state index contributed by atoms with van der Waals surface area (Å²) >= 11 is 0. The molecule has 0 bridgehead atoms. The van der Waals surface area contributed by atoms with Crippen molar-refractivity contribution < 1.29 is 4.79 Å². The van der Waals surface area contributed by atoms with Crippen LogP contribution in [0.2, 0.25) is 0 Å². The molecule has 0 aliphatic carbocycles. The van der Waals surface area contributed by atoms with E-state index in [2.05, 4.69) is 31.3 Å². The summed E-state index contributed by atoms with van der Waals surface area (Å²) in [7, 11) is 0. The topological polar surface area (TPSA) is 95.6 Å². The van der Waals surface area contributed by atoms with Gasteiger partial charge in [-0.25, -0.2) is 0 Å². The van der Waals surface area contributed by atoms with E-state index in [1.165, 1.54) is 0 Å². The van der Waals surface area contributed by atoms with Crippen molar-refractivity contribution in [3.8, 4) is 0 Å². The van der Waals surface area contributed by atoms with Gasteiger partial charge in [0.1, 0.15) is 0 Å². The number of aromatic nitrogens is 4. The van der Waals surface area contributed by atoms with Gasteiger partial charge >= 0.3 is 0 Å². The van der Waals surface area contributed by atoms with Crippen molar-refractivity contribution in [3.05, 3.63) is 5.82 Å². The molecule has 0 saturated carbocycles. The SMILES string of the molecule is O=C(NCC1CCNC1)c1nn[nH]n1. The zero-order valence-electron chi connectivity index (χ0n) is 7.66. The number of hydrogen-bond acceptors (Lipinski definition) is 5. The van der Waals surface area contributed by atoms with Crippen molar-refractivity contribution >= 4 is 5.91 Å². The van der Waals surface area contributed by atoms with Crippen LogP contribution in [-0.2, 0) is 0 Å². The maximum absolute atomic E-state index is 11.3. The monoisotopic (exact) mass is 196 g/mol. The average molecular weight is 196 g/mol. The number of carbonyl (C=O) groups is 1. The molecule has 14 heavy (non-hydrogen) atoms. The molecular formula is C7H12N6O. The van der Waals surface area contributed by atoms with Crippen LogP contribution < -0.4 is 10.6 Å². The summed E-state index contributed by atoms with van der Waals surface area (Å²) in [6, 6.07) is 0. The van der Waals surface area contributed by atoms with Gasteiger partial charge in [0.15, 0.2) is 0 Å². The number of amides is 1. The van der Waals surface area contributed by atoms with Crippen LogP contribution in [0, 0.1) is 5.92 Å². The number of nitrogens with zero attached hydrogens (tertiary/aromatic N) is 3. The minimum atomic E-state index is -0.273. The summed E-state index contributed by atoms with van der Waals surface area (Å²) in [5.41, 5.74) is 0. The van der Waals surface area contributed by atoms with Crippen LogP contribution in [0.1, 0.15) is 17.0 Å². The van der Waals surface area contributed by atoms with E-state index in [1.54, 1.807) is 0 Å². The van der Waals surface area contributed by atoms with Gasteiger partial charge in [-0.05, 0) is 30.6 Å². The Labute approximate surface area is 80.6 Å². The standard InChI is InChI=1S/C7H12N6O/c14-7(6-10-12-13-11-6)9-4-5-1-2-8-3-5/h5,8H,1-4H2,(H,9,14)(H,10,11,12,13). The second-order valence-corrected chi connectivity index (χ2v) is 3.30. The summed E-state index contributed by atoms with van der Waals surface area (Å²) in [5.74, 6) is 0.340. The Kier molecular flexibility index (Phi) is 2.68. The number of hydrogen-bond donors (Lipinski definition) is 3. The van der Waals surface area contributed by atoms with Crippen LogP contribution in [-0.4, -0.2) is 46.2 Å². The number of tetrazole rings is 1. The third-order valence-corrected chi connectivity index (χ3v) is 2.26. The molecule has 7 heteroatoms. The van der Waals surface area contributed by atoms with E-state index >= 15 is 0 Å². The van der Waals surface area contributed by atoms with Crippen molar-refractivity contribution in [1.82, 2.24) is 31.3 Å². The van der Waals surface area contributed by atoms with Gasteiger partial charge in [0, 0.05) is 6.54 Å². The first-order chi connectivity index (χ1) is 6.86. The minimum Gasteiger partial charge on any atom is -0.349 e. The van der Waals surface area contributed by atoms with E-state index in [0.29, 0.717) is 12.5 Å². The zero-order valence-corrected chi connectivity index (χ0v) is 7.66. The van der Waals surface area contributed by atoms with Gasteiger partial charge in [0.2, 0.25) is 0 Å². The summed E-state index contributed by atoms with van der Waals surface area (Å²) in [6.07, 6.45) is 1.10. The summed E-state index contributed by atoms with van der Waals surface area (Å²) < 4.78 is 0. The molecule has 1 saturated heterocycles. The molecule has 0 aromatic carbocycles. The number of H-pyrrole nitrogens is 1. The molecule has 1 atom stereocenters. The third kappa shape index (κ3) is 2.05. The van der Waals surface area contributed by atoms with Crippen molar-refractivity contribution in [2.24, 2.45) is 5.92 Å². The molecule has 2 rings (SSSR count). The van der Waals surface area contributed by atoms with E-state index in [4.69, 9.17) is 0 Å². The predicted molar refractivity (Wildman–Crippen MR) is 47.5 cm³/mol. The van der Waals surface area contributed by atoms with E-state index in [1.807, 2.05) is 0 Å². The van der Waals surface area contributed by atoms with Crippen LogP contribution in [0.5, 0.6) is 0 Å². The Bertz CT molecular complexity index is 291.